The first-order valence-electron chi connectivity index (χ1n) is 14.6. The van der Waals surface area contributed by atoms with Gasteiger partial charge in [-0.15, -0.1) is 0 Å². The van der Waals surface area contributed by atoms with Gasteiger partial charge in [0.1, 0.15) is 29.6 Å². The van der Waals surface area contributed by atoms with E-state index in [0.29, 0.717) is 47.6 Å². The number of aliphatic hydroxyl groups is 2. The van der Waals surface area contributed by atoms with Gasteiger partial charge in [0.25, 0.3) is 0 Å². The number of aliphatic hydroxyl groups excluding tert-OH is 2. The van der Waals surface area contributed by atoms with Crippen LogP contribution in [0.4, 0.5) is 0 Å². The van der Waals surface area contributed by atoms with Crippen LogP contribution >= 0.6 is 0 Å². The van der Waals surface area contributed by atoms with E-state index < -0.39 is 12.2 Å². The lowest BCUT2D eigenvalue weighted by Crippen LogP contribution is -3.07. The van der Waals surface area contributed by atoms with Crippen molar-refractivity contribution in [1.82, 2.24) is 5.32 Å². The van der Waals surface area contributed by atoms with Crippen molar-refractivity contribution in [3.63, 3.8) is 0 Å². The van der Waals surface area contributed by atoms with Gasteiger partial charge in [-0.3, -0.25) is 4.90 Å². The second-order valence-corrected chi connectivity index (χ2v) is 11.4. The maximum absolute atomic E-state index is 11.6. The molecule has 3 aromatic carbocycles. The summed E-state index contributed by atoms with van der Waals surface area (Å²) in [5, 5.41) is 45.1. The number of phenolic OH excluding ortho intramolecular Hbond substituents is 2. The quantitative estimate of drug-likeness (QED) is 0.230. The molecule has 2 heterocycles. The van der Waals surface area contributed by atoms with E-state index in [4.69, 9.17) is 14.2 Å². The summed E-state index contributed by atoms with van der Waals surface area (Å²) in [7, 11) is 3.15. The molecule has 0 fully saturated rings. The summed E-state index contributed by atoms with van der Waals surface area (Å²) < 4.78 is 18.0. The van der Waals surface area contributed by atoms with Gasteiger partial charge in [0, 0.05) is 36.6 Å². The second-order valence-electron chi connectivity index (χ2n) is 11.4. The number of aryl methyl sites for hydroxylation is 1. The predicted molar refractivity (Wildman–Crippen MR) is 157 cm³/mol. The van der Waals surface area contributed by atoms with Crippen molar-refractivity contribution in [3.05, 3.63) is 76.6 Å². The number of fused-ring (bicyclic) bond motifs is 5. The van der Waals surface area contributed by atoms with E-state index >= 15 is 0 Å². The molecular weight excluding hydrogens is 536 g/mol. The third-order valence-corrected chi connectivity index (χ3v) is 8.78. The molecule has 9 nitrogen and oxygen atoms in total. The van der Waals surface area contributed by atoms with Crippen LogP contribution in [-0.2, 0) is 19.3 Å². The van der Waals surface area contributed by atoms with Crippen LogP contribution in [0.3, 0.4) is 0 Å². The topological polar surface area (TPSA) is 125 Å². The molecule has 3 aromatic rings. The van der Waals surface area contributed by atoms with Crippen molar-refractivity contribution in [1.29, 1.82) is 0 Å². The Bertz CT molecular complexity index is 1500. The molecule has 0 bridgehead atoms. The Balaban J connectivity index is 1.43. The van der Waals surface area contributed by atoms with Crippen molar-refractivity contribution in [2.45, 2.75) is 50.2 Å². The number of aromatic hydroxyl groups is 2. The van der Waals surface area contributed by atoms with Gasteiger partial charge in [0.15, 0.2) is 18.2 Å². The molecule has 4 unspecified atom stereocenters. The zero-order valence-corrected chi connectivity index (χ0v) is 24.0. The highest BCUT2D eigenvalue weighted by Crippen LogP contribution is 2.53. The number of nitrogens with one attached hydrogen (secondary N) is 2. The average Bonchev–Trinajstić information content (AvgIpc) is 3.52. The van der Waals surface area contributed by atoms with Crippen LogP contribution in [0.5, 0.6) is 28.7 Å². The molecule has 0 spiro atoms. The van der Waals surface area contributed by atoms with Crippen molar-refractivity contribution >= 4 is 0 Å². The standard InChI is InChI=1S/C33H38N2O7/c1-40-28-17-27-25(16-26(38)33(42-27)22-13-20(4-3-11-36)32(39)29(15-22)41-2)30-19(7-9-35-10-8-34-18-35)12-21-14-23(37)5-6-24(21)31(28)30/h5-6,8,10,13-15,17,19,26,33-34,36-39H,3-4,7,9,11-12,16,18H2,1-2H3/p+1. The molecule has 1 aliphatic carbocycles. The molecule has 6 rings (SSSR count). The highest BCUT2D eigenvalue weighted by atomic mass is 16.5. The van der Waals surface area contributed by atoms with Crippen molar-refractivity contribution in [2.75, 3.05) is 34.0 Å². The van der Waals surface area contributed by atoms with Gasteiger partial charge in [0.2, 0.25) is 0 Å². The molecule has 0 aromatic heterocycles. The second kappa shape index (κ2) is 11.8. The van der Waals surface area contributed by atoms with Crippen LogP contribution in [0.1, 0.15) is 52.7 Å². The lowest BCUT2D eigenvalue weighted by Gasteiger charge is -2.37. The average molecular weight is 576 g/mol. The fourth-order valence-electron chi connectivity index (χ4n) is 6.75. The van der Waals surface area contributed by atoms with Gasteiger partial charge in [-0.25, -0.2) is 0 Å². The molecule has 222 valence electrons. The normalized spacial score (nSPS) is 22.0. The van der Waals surface area contributed by atoms with Crippen molar-refractivity contribution in [3.8, 4) is 39.9 Å². The van der Waals surface area contributed by atoms with E-state index in [-0.39, 0.29) is 24.0 Å². The van der Waals surface area contributed by atoms with E-state index in [2.05, 4.69) is 11.5 Å². The molecule has 0 amide bonds. The number of rotatable bonds is 9. The zero-order valence-electron chi connectivity index (χ0n) is 24.0. The van der Waals surface area contributed by atoms with E-state index in [0.717, 1.165) is 53.9 Å². The van der Waals surface area contributed by atoms with Gasteiger partial charge >= 0.3 is 0 Å². The summed E-state index contributed by atoms with van der Waals surface area (Å²) in [6, 6.07) is 11.0. The number of hydrogen-bond acceptors (Lipinski definition) is 8. The Labute approximate surface area is 245 Å². The predicted octanol–water partition coefficient (Wildman–Crippen LogP) is 2.69. The number of hydrogen-bond donors (Lipinski definition) is 6. The SMILES string of the molecule is COc1cc(C2Oc3cc(OC)c4c(c3CC2O)C(CC[NH+]2C=CNC2)Cc2cc(O)ccc2-4)cc(CCCO)c1O. The van der Waals surface area contributed by atoms with Gasteiger partial charge in [-0.2, -0.15) is 0 Å². The Morgan fingerprint density at radius 2 is 1.88 bits per heavy atom. The number of ether oxygens (including phenoxy) is 3. The van der Waals surface area contributed by atoms with E-state index in [1.54, 1.807) is 19.2 Å². The lowest BCUT2D eigenvalue weighted by molar-refractivity contribution is -0.843. The van der Waals surface area contributed by atoms with E-state index in [1.165, 1.54) is 12.0 Å². The molecule has 0 radical (unpaired) electrons. The van der Waals surface area contributed by atoms with Gasteiger partial charge in [-0.05, 0) is 77.3 Å². The molecule has 9 heteroatoms. The Hall–Kier alpha value is -3.92. The third-order valence-electron chi connectivity index (χ3n) is 8.78. The summed E-state index contributed by atoms with van der Waals surface area (Å²) in [6.07, 6.45) is 5.63. The van der Waals surface area contributed by atoms with Gasteiger partial charge in [-0.1, -0.05) is 6.07 Å². The summed E-state index contributed by atoms with van der Waals surface area (Å²) >= 11 is 0. The minimum atomic E-state index is -0.840. The largest absolute Gasteiger partial charge is 0.508 e. The van der Waals surface area contributed by atoms with Gasteiger partial charge in [0.05, 0.1) is 33.1 Å². The van der Waals surface area contributed by atoms with Crippen LogP contribution in [0.25, 0.3) is 11.1 Å². The van der Waals surface area contributed by atoms with Crippen LogP contribution in [0, 0.1) is 0 Å². The third kappa shape index (κ3) is 5.12. The minimum Gasteiger partial charge on any atom is -0.508 e. The number of methoxy groups -OCH3 is 2. The molecular formula is C33H39N2O7+. The summed E-state index contributed by atoms with van der Waals surface area (Å²) in [5.41, 5.74) is 6.56. The van der Waals surface area contributed by atoms with Crippen molar-refractivity contribution in [2.24, 2.45) is 0 Å². The fourth-order valence-corrected chi connectivity index (χ4v) is 6.75. The molecule has 4 atom stereocenters. The molecule has 42 heavy (non-hydrogen) atoms. The van der Waals surface area contributed by atoms with Crippen LogP contribution in [0.15, 0.2) is 48.8 Å². The first-order chi connectivity index (χ1) is 20.4. The first-order valence-corrected chi connectivity index (χ1v) is 14.6. The van der Waals surface area contributed by atoms with E-state index in [1.807, 2.05) is 30.5 Å². The lowest BCUT2D eigenvalue weighted by atomic mass is 9.73. The number of phenols is 2. The fraction of sp³-hybridized carbons (Fsp3) is 0.394. The van der Waals surface area contributed by atoms with Crippen LogP contribution < -0.4 is 24.4 Å². The summed E-state index contributed by atoms with van der Waals surface area (Å²) in [5.74, 6) is 2.09. The van der Waals surface area contributed by atoms with Crippen LogP contribution in [-0.4, -0.2) is 60.6 Å². The highest BCUT2D eigenvalue weighted by molar-refractivity contribution is 5.83. The molecule has 0 saturated carbocycles. The van der Waals surface area contributed by atoms with Crippen LogP contribution in [0.2, 0.25) is 0 Å². The number of quaternary nitrogens is 1. The Kier molecular flexibility index (Phi) is 7.90. The summed E-state index contributed by atoms with van der Waals surface area (Å²) in [6.45, 7) is 1.79. The number of benzene rings is 3. The smallest absolute Gasteiger partial charge is 0.161 e. The van der Waals surface area contributed by atoms with E-state index in [9.17, 15) is 20.4 Å². The van der Waals surface area contributed by atoms with Gasteiger partial charge < -0.3 is 40.0 Å². The summed E-state index contributed by atoms with van der Waals surface area (Å²) in [4.78, 5) is 1.35. The molecule has 2 aliphatic heterocycles. The molecule has 3 aliphatic rings. The highest BCUT2D eigenvalue weighted by Gasteiger charge is 2.38. The molecule has 0 saturated heterocycles. The first kappa shape index (κ1) is 28.2. The Morgan fingerprint density at radius 3 is 2.62 bits per heavy atom. The monoisotopic (exact) mass is 575 g/mol. The Morgan fingerprint density at radius 1 is 1.05 bits per heavy atom. The maximum Gasteiger partial charge on any atom is 0.161 e. The maximum atomic E-state index is 11.6. The van der Waals surface area contributed by atoms with Crippen molar-refractivity contribution < 1.29 is 39.5 Å². The molecule has 6 N–H and O–H groups in total. The minimum absolute atomic E-state index is 0.00276. The zero-order chi connectivity index (χ0) is 29.4.